The summed E-state index contributed by atoms with van der Waals surface area (Å²) in [4.78, 5) is 0. The summed E-state index contributed by atoms with van der Waals surface area (Å²) in [5, 5.41) is 9.85. The lowest BCUT2D eigenvalue weighted by Gasteiger charge is -2.17. The predicted octanol–water partition coefficient (Wildman–Crippen LogP) is 1.81. The van der Waals surface area contributed by atoms with Crippen molar-refractivity contribution in [3.05, 3.63) is 29.3 Å². The minimum Gasteiger partial charge on any atom is -0.491 e. The third-order valence-electron chi connectivity index (χ3n) is 3.13. The molecule has 0 aliphatic carbocycles. The molecule has 5 nitrogen and oxygen atoms in total. The maximum atomic E-state index is 9.85. The summed E-state index contributed by atoms with van der Waals surface area (Å²) >= 11 is 0. The minimum absolute atomic E-state index is 0.000914. The molecule has 3 N–H and O–H groups in total. The smallest absolute Gasteiger partial charge is 0.122 e. The number of rotatable bonds is 9. The van der Waals surface area contributed by atoms with E-state index in [0.29, 0.717) is 6.61 Å². The van der Waals surface area contributed by atoms with Crippen LogP contribution in [0.5, 0.6) is 5.75 Å². The first-order valence-electron chi connectivity index (χ1n) is 7.21. The minimum atomic E-state index is -0.670. The number of aliphatic hydroxyl groups is 1. The van der Waals surface area contributed by atoms with Gasteiger partial charge in [0, 0.05) is 13.2 Å². The van der Waals surface area contributed by atoms with E-state index < -0.39 is 6.10 Å². The van der Waals surface area contributed by atoms with Crippen molar-refractivity contribution in [3.63, 3.8) is 0 Å². The van der Waals surface area contributed by atoms with Gasteiger partial charge in [0.2, 0.25) is 0 Å². The average Bonchev–Trinajstić information content (AvgIpc) is 2.44. The summed E-state index contributed by atoms with van der Waals surface area (Å²) < 4.78 is 16.0. The Morgan fingerprint density at radius 1 is 1.19 bits per heavy atom. The van der Waals surface area contributed by atoms with Crippen molar-refractivity contribution in [2.24, 2.45) is 5.73 Å². The number of nitrogens with two attached hydrogens (primary N) is 1. The first kappa shape index (κ1) is 17.9. The molecule has 5 heteroatoms. The van der Waals surface area contributed by atoms with Crippen LogP contribution in [0, 0.1) is 6.92 Å². The lowest BCUT2D eigenvalue weighted by molar-refractivity contribution is -0.0423. The van der Waals surface area contributed by atoms with Gasteiger partial charge in [-0.25, -0.2) is 0 Å². The second kappa shape index (κ2) is 9.00. The third-order valence-corrected chi connectivity index (χ3v) is 3.13. The topological polar surface area (TPSA) is 73.9 Å². The van der Waals surface area contributed by atoms with E-state index in [1.165, 1.54) is 0 Å². The first-order valence-corrected chi connectivity index (χ1v) is 7.21. The molecule has 0 amide bonds. The molecule has 3 atom stereocenters. The average molecular weight is 297 g/mol. The van der Waals surface area contributed by atoms with E-state index in [4.69, 9.17) is 19.9 Å². The number of aliphatic hydroxyl groups excluding tert-OH is 1. The van der Waals surface area contributed by atoms with E-state index in [-0.39, 0.29) is 25.4 Å². The van der Waals surface area contributed by atoms with Gasteiger partial charge in [0.25, 0.3) is 0 Å². The van der Waals surface area contributed by atoms with Gasteiger partial charge in [-0.2, -0.15) is 0 Å². The normalized spacial score (nSPS) is 15.5. The third kappa shape index (κ3) is 6.44. The SMILES string of the molecule is COCC(C)OCC(O)COc1ccc([C@@H](C)N)cc1C. The van der Waals surface area contributed by atoms with Gasteiger partial charge in [-0.1, -0.05) is 12.1 Å². The molecule has 2 unspecified atom stereocenters. The molecule has 0 saturated heterocycles. The fourth-order valence-corrected chi connectivity index (χ4v) is 1.91. The van der Waals surface area contributed by atoms with Crippen LogP contribution in [0.1, 0.15) is 31.0 Å². The van der Waals surface area contributed by atoms with Crippen molar-refractivity contribution in [1.29, 1.82) is 0 Å². The highest BCUT2D eigenvalue weighted by Gasteiger charge is 2.10. The molecule has 0 bridgehead atoms. The van der Waals surface area contributed by atoms with E-state index in [1.54, 1.807) is 7.11 Å². The lowest BCUT2D eigenvalue weighted by atomic mass is 10.1. The maximum Gasteiger partial charge on any atom is 0.122 e. The van der Waals surface area contributed by atoms with Crippen LogP contribution in [0.3, 0.4) is 0 Å². The van der Waals surface area contributed by atoms with Gasteiger partial charge in [0.1, 0.15) is 18.5 Å². The molecular weight excluding hydrogens is 270 g/mol. The van der Waals surface area contributed by atoms with Crippen molar-refractivity contribution < 1.29 is 19.3 Å². The molecule has 0 aliphatic rings. The molecule has 0 aromatic heterocycles. The maximum absolute atomic E-state index is 9.85. The Bertz CT molecular complexity index is 423. The summed E-state index contributed by atoms with van der Waals surface area (Å²) in [6.07, 6.45) is -0.714. The Hall–Kier alpha value is -1.14. The highest BCUT2D eigenvalue weighted by atomic mass is 16.5. The van der Waals surface area contributed by atoms with Crippen LogP contribution in [0.15, 0.2) is 18.2 Å². The molecule has 1 aromatic rings. The molecule has 0 heterocycles. The fraction of sp³-hybridized carbons (Fsp3) is 0.625. The number of methoxy groups -OCH3 is 1. The van der Waals surface area contributed by atoms with E-state index in [2.05, 4.69) is 0 Å². The Morgan fingerprint density at radius 2 is 1.90 bits per heavy atom. The van der Waals surface area contributed by atoms with Gasteiger partial charge in [-0.3, -0.25) is 0 Å². The van der Waals surface area contributed by atoms with Gasteiger partial charge in [0.05, 0.1) is 19.3 Å². The van der Waals surface area contributed by atoms with Gasteiger partial charge in [-0.15, -0.1) is 0 Å². The zero-order valence-corrected chi connectivity index (χ0v) is 13.3. The zero-order chi connectivity index (χ0) is 15.8. The molecule has 0 saturated carbocycles. The van der Waals surface area contributed by atoms with Crippen molar-refractivity contribution in [3.8, 4) is 5.75 Å². The Balaban J connectivity index is 2.41. The molecule has 0 radical (unpaired) electrons. The molecule has 0 fully saturated rings. The van der Waals surface area contributed by atoms with E-state index in [9.17, 15) is 5.11 Å². The fourth-order valence-electron chi connectivity index (χ4n) is 1.91. The molecule has 0 aliphatic heterocycles. The molecule has 21 heavy (non-hydrogen) atoms. The van der Waals surface area contributed by atoms with Crippen molar-refractivity contribution in [2.75, 3.05) is 26.9 Å². The molecule has 120 valence electrons. The standard InChI is InChI=1S/C16H27NO4/c1-11-7-14(13(3)17)5-6-16(11)21-10-15(18)9-20-12(2)8-19-4/h5-7,12-13,15,18H,8-10,17H2,1-4H3/t12?,13-,15?/m1/s1. The summed E-state index contributed by atoms with van der Waals surface area (Å²) in [5.41, 5.74) is 7.91. The Labute approximate surface area is 127 Å². The molecular formula is C16H27NO4. The highest BCUT2D eigenvalue weighted by molar-refractivity contribution is 5.37. The number of benzene rings is 1. The van der Waals surface area contributed by atoms with Crippen molar-refractivity contribution in [1.82, 2.24) is 0 Å². The van der Waals surface area contributed by atoms with Crippen molar-refractivity contribution >= 4 is 0 Å². The van der Waals surface area contributed by atoms with E-state index in [1.807, 2.05) is 39.0 Å². The Kier molecular flexibility index (Phi) is 7.67. The zero-order valence-electron chi connectivity index (χ0n) is 13.3. The van der Waals surface area contributed by atoms with Crippen LogP contribution in [0.25, 0.3) is 0 Å². The predicted molar refractivity (Wildman–Crippen MR) is 82.6 cm³/mol. The van der Waals surface area contributed by atoms with Gasteiger partial charge in [-0.05, 0) is 38.0 Å². The van der Waals surface area contributed by atoms with Crippen LogP contribution >= 0.6 is 0 Å². The van der Waals surface area contributed by atoms with Gasteiger partial charge in [0.15, 0.2) is 0 Å². The lowest BCUT2D eigenvalue weighted by Crippen LogP contribution is -2.27. The van der Waals surface area contributed by atoms with Crippen LogP contribution in [-0.4, -0.2) is 44.2 Å². The molecule has 0 spiro atoms. The quantitative estimate of drug-likeness (QED) is 0.727. The van der Waals surface area contributed by atoms with E-state index in [0.717, 1.165) is 16.9 Å². The Morgan fingerprint density at radius 3 is 2.48 bits per heavy atom. The largest absolute Gasteiger partial charge is 0.491 e. The van der Waals surface area contributed by atoms with Crippen molar-refractivity contribution in [2.45, 2.75) is 39.0 Å². The van der Waals surface area contributed by atoms with Gasteiger partial charge < -0.3 is 25.1 Å². The summed E-state index contributed by atoms with van der Waals surface area (Å²) in [6, 6.07) is 5.83. The summed E-state index contributed by atoms with van der Waals surface area (Å²) in [5.74, 6) is 0.753. The molecule has 1 aromatic carbocycles. The number of aryl methyl sites for hydroxylation is 1. The van der Waals surface area contributed by atoms with Crippen LogP contribution in [-0.2, 0) is 9.47 Å². The van der Waals surface area contributed by atoms with Gasteiger partial charge >= 0.3 is 0 Å². The second-order valence-electron chi connectivity index (χ2n) is 5.38. The van der Waals surface area contributed by atoms with Crippen LogP contribution in [0.2, 0.25) is 0 Å². The number of hydrogen-bond donors (Lipinski definition) is 2. The van der Waals surface area contributed by atoms with Crippen LogP contribution < -0.4 is 10.5 Å². The van der Waals surface area contributed by atoms with Crippen LogP contribution in [0.4, 0.5) is 0 Å². The summed E-state index contributed by atoms with van der Waals surface area (Å²) in [7, 11) is 1.62. The number of ether oxygens (including phenoxy) is 3. The monoisotopic (exact) mass is 297 g/mol. The second-order valence-corrected chi connectivity index (χ2v) is 5.38. The first-order chi connectivity index (χ1) is 9.93. The highest BCUT2D eigenvalue weighted by Crippen LogP contribution is 2.22. The molecule has 1 rings (SSSR count). The summed E-state index contributed by atoms with van der Waals surface area (Å²) in [6.45, 7) is 6.72. The van der Waals surface area contributed by atoms with E-state index >= 15 is 0 Å². The number of hydrogen-bond acceptors (Lipinski definition) is 5.